The maximum Gasteiger partial charge on any atom is 0.137 e. The number of imidazole rings is 1. The highest BCUT2D eigenvalue weighted by molar-refractivity contribution is 5.65. The number of hydrogen-bond donors (Lipinski definition) is 2. The second kappa shape index (κ2) is 5.31. The smallest absolute Gasteiger partial charge is 0.137 e. The molecule has 3 aromatic rings. The standard InChI is InChI=1S/C17H17N3/c1-12-4-2-6-14(8-12)16-11-19-17(20-16)15-7-3-5-13(9-15)10-18/h2-9,11H,10,18H2,1H3,(H,19,20). The Balaban J connectivity index is 1.97. The Morgan fingerprint density at radius 3 is 2.65 bits per heavy atom. The van der Waals surface area contributed by atoms with Crippen molar-refractivity contribution in [3.63, 3.8) is 0 Å². The first kappa shape index (κ1) is 12.6. The summed E-state index contributed by atoms with van der Waals surface area (Å²) in [5.41, 5.74) is 11.3. The summed E-state index contributed by atoms with van der Waals surface area (Å²) in [4.78, 5) is 7.84. The Labute approximate surface area is 118 Å². The van der Waals surface area contributed by atoms with Gasteiger partial charge in [0.05, 0.1) is 11.9 Å². The van der Waals surface area contributed by atoms with Crippen LogP contribution in [0.4, 0.5) is 0 Å². The molecule has 1 heterocycles. The van der Waals surface area contributed by atoms with E-state index in [1.54, 1.807) is 0 Å². The van der Waals surface area contributed by atoms with E-state index in [0.717, 1.165) is 28.2 Å². The predicted octanol–water partition coefficient (Wildman–Crippen LogP) is 3.51. The average molecular weight is 263 g/mol. The van der Waals surface area contributed by atoms with Gasteiger partial charge in [-0.05, 0) is 30.2 Å². The van der Waals surface area contributed by atoms with E-state index < -0.39 is 0 Å². The second-order valence-electron chi connectivity index (χ2n) is 4.92. The first-order valence-electron chi connectivity index (χ1n) is 6.68. The summed E-state index contributed by atoms with van der Waals surface area (Å²) in [7, 11) is 0. The van der Waals surface area contributed by atoms with Crippen LogP contribution in [0.2, 0.25) is 0 Å². The first-order valence-corrected chi connectivity index (χ1v) is 6.68. The molecule has 0 fully saturated rings. The molecule has 100 valence electrons. The molecule has 0 saturated carbocycles. The highest BCUT2D eigenvalue weighted by Crippen LogP contribution is 2.23. The fourth-order valence-electron chi connectivity index (χ4n) is 2.27. The maximum absolute atomic E-state index is 5.68. The summed E-state index contributed by atoms with van der Waals surface area (Å²) in [6, 6.07) is 16.5. The highest BCUT2D eigenvalue weighted by Gasteiger charge is 2.06. The summed E-state index contributed by atoms with van der Waals surface area (Å²) in [5.74, 6) is 0.872. The zero-order valence-corrected chi connectivity index (χ0v) is 11.4. The van der Waals surface area contributed by atoms with Gasteiger partial charge in [-0.3, -0.25) is 0 Å². The molecule has 3 nitrogen and oxygen atoms in total. The Morgan fingerprint density at radius 1 is 1.05 bits per heavy atom. The van der Waals surface area contributed by atoms with Crippen LogP contribution in [0.5, 0.6) is 0 Å². The van der Waals surface area contributed by atoms with Crippen molar-refractivity contribution in [3.8, 4) is 22.6 Å². The minimum atomic E-state index is 0.541. The third-order valence-corrected chi connectivity index (χ3v) is 3.34. The predicted molar refractivity (Wildman–Crippen MR) is 82.1 cm³/mol. The summed E-state index contributed by atoms with van der Waals surface area (Å²) in [6.07, 6.45) is 1.87. The zero-order valence-electron chi connectivity index (χ0n) is 11.4. The number of aryl methyl sites for hydroxylation is 1. The van der Waals surface area contributed by atoms with E-state index >= 15 is 0 Å². The van der Waals surface area contributed by atoms with Crippen LogP contribution in [0.1, 0.15) is 11.1 Å². The fourth-order valence-corrected chi connectivity index (χ4v) is 2.27. The lowest BCUT2D eigenvalue weighted by molar-refractivity contribution is 1.07. The number of H-pyrrole nitrogens is 1. The third-order valence-electron chi connectivity index (χ3n) is 3.34. The Bertz CT molecular complexity index is 728. The van der Waals surface area contributed by atoms with E-state index in [0.29, 0.717) is 6.54 Å². The zero-order chi connectivity index (χ0) is 13.9. The number of rotatable bonds is 3. The second-order valence-corrected chi connectivity index (χ2v) is 4.92. The van der Waals surface area contributed by atoms with Gasteiger partial charge in [-0.25, -0.2) is 4.98 Å². The molecule has 0 amide bonds. The van der Waals surface area contributed by atoms with Gasteiger partial charge < -0.3 is 10.7 Å². The van der Waals surface area contributed by atoms with Crippen molar-refractivity contribution in [3.05, 3.63) is 65.9 Å². The van der Waals surface area contributed by atoms with Crippen LogP contribution in [0, 0.1) is 6.92 Å². The molecule has 2 aromatic carbocycles. The number of benzene rings is 2. The van der Waals surface area contributed by atoms with Crippen LogP contribution in [0.15, 0.2) is 54.7 Å². The molecular weight excluding hydrogens is 246 g/mol. The summed E-state index contributed by atoms with van der Waals surface area (Å²) < 4.78 is 0. The highest BCUT2D eigenvalue weighted by atomic mass is 14.9. The lowest BCUT2D eigenvalue weighted by Crippen LogP contribution is -1.96. The van der Waals surface area contributed by atoms with Crippen LogP contribution in [-0.2, 0) is 6.54 Å². The normalized spacial score (nSPS) is 10.7. The number of nitrogens with two attached hydrogens (primary N) is 1. The Hall–Kier alpha value is -2.39. The van der Waals surface area contributed by atoms with Gasteiger partial charge in [-0.1, -0.05) is 42.0 Å². The molecule has 0 spiro atoms. The van der Waals surface area contributed by atoms with E-state index in [4.69, 9.17) is 5.73 Å². The third kappa shape index (κ3) is 2.49. The lowest BCUT2D eigenvalue weighted by atomic mass is 10.1. The summed E-state index contributed by atoms with van der Waals surface area (Å²) >= 11 is 0. The van der Waals surface area contributed by atoms with Crippen molar-refractivity contribution in [1.29, 1.82) is 0 Å². The van der Waals surface area contributed by atoms with Gasteiger partial charge >= 0.3 is 0 Å². The molecule has 0 saturated heterocycles. The van der Waals surface area contributed by atoms with Gasteiger partial charge in [-0.15, -0.1) is 0 Å². The van der Waals surface area contributed by atoms with Crippen LogP contribution in [0.25, 0.3) is 22.6 Å². The molecule has 0 radical (unpaired) electrons. The van der Waals surface area contributed by atoms with Crippen LogP contribution >= 0.6 is 0 Å². The monoisotopic (exact) mass is 263 g/mol. The van der Waals surface area contributed by atoms with Crippen LogP contribution < -0.4 is 5.73 Å². The van der Waals surface area contributed by atoms with E-state index in [2.05, 4.69) is 47.2 Å². The molecule has 1 aromatic heterocycles. The van der Waals surface area contributed by atoms with E-state index in [1.807, 2.05) is 24.4 Å². The quantitative estimate of drug-likeness (QED) is 0.759. The topological polar surface area (TPSA) is 54.7 Å². The van der Waals surface area contributed by atoms with Crippen molar-refractivity contribution >= 4 is 0 Å². The van der Waals surface area contributed by atoms with Crippen molar-refractivity contribution < 1.29 is 0 Å². The Morgan fingerprint density at radius 2 is 1.85 bits per heavy atom. The van der Waals surface area contributed by atoms with Crippen LogP contribution in [-0.4, -0.2) is 9.97 Å². The van der Waals surface area contributed by atoms with Gasteiger partial charge in [0.25, 0.3) is 0 Å². The van der Waals surface area contributed by atoms with Crippen molar-refractivity contribution in [2.75, 3.05) is 0 Å². The maximum atomic E-state index is 5.68. The molecule has 0 aliphatic heterocycles. The van der Waals surface area contributed by atoms with E-state index in [-0.39, 0.29) is 0 Å². The molecule has 0 aliphatic rings. The first-order chi connectivity index (χ1) is 9.76. The number of hydrogen-bond acceptors (Lipinski definition) is 2. The lowest BCUT2D eigenvalue weighted by Gasteiger charge is -2.01. The summed E-state index contributed by atoms with van der Waals surface area (Å²) in [6.45, 7) is 2.63. The molecule has 3 heteroatoms. The van der Waals surface area contributed by atoms with Crippen molar-refractivity contribution in [1.82, 2.24) is 9.97 Å². The van der Waals surface area contributed by atoms with E-state index in [9.17, 15) is 0 Å². The molecule has 0 atom stereocenters. The fraction of sp³-hybridized carbons (Fsp3) is 0.118. The molecule has 3 rings (SSSR count). The van der Waals surface area contributed by atoms with Crippen LogP contribution in [0.3, 0.4) is 0 Å². The molecule has 0 bridgehead atoms. The SMILES string of the molecule is Cc1cccc(-c2cnc(-c3cccc(CN)c3)[nH]2)c1. The average Bonchev–Trinajstić information content (AvgIpc) is 2.97. The largest absolute Gasteiger partial charge is 0.338 e. The minimum absolute atomic E-state index is 0.541. The van der Waals surface area contributed by atoms with Gasteiger partial charge in [0, 0.05) is 12.1 Å². The number of nitrogens with zero attached hydrogens (tertiary/aromatic N) is 1. The molecule has 0 aliphatic carbocycles. The molecule has 0 unspecified atom stereocenters. The van der Waals surface area contributed by atoms with Gasteiger partial charge in [0.2, 0.25) is 0 Å². The molecule has 3 N–H and O–H groups in total. The van der Waals surface area contributed by atoms with Gasteiger partial charge in [0.15, 0.2) is 0 Å². The minimum Gasteiger partial charge on any atom is -0.338 e. The number of aromatic nitrogens is 2. The van der Waals surface area contributed by atoms with Gasteiger partial charge in [0.1, 0.15) is 5.82 Å². The van der Waals surface area contributed by atoms with Crippen molar-refractivity contribution in [2.24, 2.45) is 5.73 Å². The molecular formula is C17H17N3. The summed E-state index contributed by atoms with van der Waals surface area (Å²) in [5, 5.41) is 0. The van der Waals surface area contributed by atoms with E-state index in [1.165, 1.54) is 5.56 Å². The molecule has 20 heavy (non-hydrogen) atoms. The number of aromatic amines is 1. The van der Waals surface area contributed by atoms with Crippen molar-refractivity contribution in [2.45, 2.75) is 13.5 Å². The number of nitrogens with one attached hydrogen (secondary N) is 1. The Kier molecular flexibility index (Phi) is 3.35. The van der Waals surface area contributed by atoms with Gasteiger partial charge in [-0.2, -0.15) is 0 Å².